The van der Waals surface area contributed by atoms with Crippen molar-refractivity contribution in [1.82, 2.24) is 0 Å². The van der Waals surface area contributed by atoms with Crippen LogP contribution in [0.2, 0.25) is 0 Å². The molecule has 0 aromatic heterocycles. The predicted molar refractivity (Wildman–Crippen MR) is 110 cm³/mol. The normalized spacial score (nSPS) is 10.9. The number of unbranched alkanes of at least 4 members (excludes halogenated alkanes) is 4. The fourth-order valence-corrected chi connectivity index (χ4v) is 3.46. The van der Waals surface area contributed by atoms with Gasteiger partial charge in [-0.3, -0.25) is 0 Å². The number of hydrogen-bond acceptors (Lipinski definition) is 0. The Bertz CT molecular complexity index is 851. The lowest BCUT2D eigenvalue weighted by atomic mass is 9.93. The van der Waals surface area contributed by atoms with Gasteiger partial charge in [0.15, 0.2) is 11.6 Å². The number of hydrogen-bond donors (Lipinski definition) is 0. The smallest absolute Gasteiger partial charge is 0.167 e. The van der Waals surface area contributed by atoms with Crippen molar-refractivity contribution in [2.75, 3.05) is 0 Å². The Balaban J connectivity index is 1.85. The first-order valence-corrected chi connectivity index (χ1v) is 9.83. The summed E-state index contributed by atoms with van der Waals surface area (Å²) in [5, 5.41) is 0. The topological polar surface area (TPSA) is 0 Å². The highest BCUT2D eigenvalue weighted by molar-refractivity contribution is 5.84. The van der Waals surface area contributed by atoms with Crippen molar-refractivity contribution in [3.05, 3.63) is 83.9 Å². The van der Waals surface area contributed by atoms with E-state index in [4.69, 9.17) is 0 Å². The van der Waals surface area contributed by atoms with Crippen LogP contribution in [0.15, 0.2) is 66.7 Å². The Morgan fingerprint density at radius 2 is 1.37 bits per heavy atom. The molecule has 0 aliphatic rings. The first-order valence-electron chi connectivity index (χ1n) is 9.83. The van der Waals surface area contributed by atoms with Crippen molar-refractivity contribution < 1.29 is 8.78 Å². The summed E-state index contributed by atoms with van der Waals surface area (Å²) in [5.74, 6) is -1.60. The summed E-state index contributed by atoms with van der Waals surface area (Å²) in [6, 6.07) is 20.3. The molecule has 0 saturated heterocycles. The molecule has 0 N–H and O–H groups in total. The largest absolute Gasteiger partial charge is 0.204 e. The zero-order valence-electron chi connectivity index (χ0n) is 15.8. The summed E-state index contributed by atoms with van der Waals surface area (Å²) in [6.07, 6.45) is 7.26. The van der Waals surface area contributed by atoms with Crippen LogP contribution in [-0.2, 0) is 6.42 Å². The molecule has 0 heterocycles. The second-order valence-corrected chi connectivity index (χ2v) is 7.01. The van der Waals surface area contributed by atoms with Gasteiger partial charge in [0, 0.05) is 5.56 Å². The molecule has 2 heteroatoms. The third kappa shape index (κ3) is 4.82. The Morgan fingerprint density at radius 1 is 0.667 bits per heavy atom. The fraction of sp³-hybridized carbons (Fsp3) is 0.280. The molecule has 3 aromatic carbocycles. The van der Waals surface area contributed by atoms with Crippen LogP contribution in [0.25, 0.3) is 22.3 Å². The van der Waals surface area contributed by atoms with E-state index in [1.807, 2.05) is 54.6 Å². The van der Waals surface area contributed by atoms with E-state index in [1.165, 1.54) is 43.7 Å². The van der Waals surface area contributed by atoms with Crippen molar-refractivity contribution in [3.8, 4) is 22.3 Å². The zero-order chi connectivity index (χ0) is 19.1. The maximum absolute atomic E-state index is 14.7. The van der Waals surface area contributed by atoms with Crippen LogP contribution in [0.5, 0.6) is 0 Å². The molecule has 0 amide bonds. The molecule has 0 aliphatic heterocycles. The molecule has 0 spiro atoms. The number of halogens is 2. The van der Waals surface area contributed by atoms with E-state index in [1.54, 1.807) is 6.07 Å². The second kappa shape index (κ2) is 9.45. The van der Waals surface area contributed by atoms with E-state index in [0.717, 1.165) is 12.0 Å². The minimum Gasteiger partial charge on any atom is -0.204 e. The first-order chi connectivity index (χ1) is 13.2. The molecule has 0 atom stereocenters. The quantitative estimate of drug-likeness (QED) is 0.357. The van der Waals surface area contributed by atoms with Crippen molar-refractivity contribution in [3.63, 3.8) is 0 Å². The third-order valence-corrected chi connectivity index (χ3v) is 4.99. The van der Waals surface area contributed by atoms with Gasteiger partial charge in [-0.2, -0.15) is 0 Å². The lowest BCUT2D eigenvalue weighted by Gasteiger charge is -2.13. The van der Waals surface area contributed by atoms with Crippen LogP contribution in [0, 0.1) is 11.6 Å². The lowest BCUT2D eigenvalue weighted by molar-refractivity contribution is 0.511. The molecule has 3 aromatic rings. The van der Waals surface area contributed by atoms with E-state index >= 15 is 0 Å². The molecule has 0 nitrogen and oxygen atoms in total. The van der Waals surface area contributed by atoms with E-state index < -0.39 is 11.6 Å². The van der Waals surface area contributed by atoms with Crippen molar-refractivity contribution in [2.45, 2.75) is 45.4 Å². The van der Waals surface area contributed by atoms with Crippen LogP contribution in [0.3, 0.4) is 0 Å². The average molecular weight is 364 g/mol. The van der Waals surface area contributed by atoms with Gasteiger partial charge in [-0.05, 0) is 41.2 Å². The van der Waals surface area contributed by atoms with Crippen molar-refractivity contribution in [2.24, 2.45) is 0 Å². The van der Waals surface area contributed by atoms with Gasteiger partial charge in [0.05, 0.1) is 0 Å². The van der Waals surface area contributed by atoms with E-state index in [2.05, 4.69) is 6.92 Å². The van der Waals surface area contributed by atoms with Crippen LogP contribution in [0.4, 0.5) is 8.78 Å². The van der Waals surface area contributed by atoms with Crippen LogP contribution in [0.1, 0.15) is 44.6 Å². The third-order valence-electron chi connectivity index (χ3n) is 4.99. The average Bonchev–Trinajstić information content (AvgIpc) is 2.71. The molecule has 0 bridgehead atoms. The maximum atomic E-state index is 14.7. The van der Waals surface area contributed by atoms with Crippen molar-refractivity contribution in [1.29, 1.82) is 0 Å². The van der Waals surface area contributed by atoms with Gasteiger partial charge in [0.1, 0.15) is 0 Å². The molecule has 140 valence electrons. The summed E-state index contributed by atoms with van der Waals surface area (Å²) in [6.45, 7) is 2.22. The SMILES string of the molecule is CCCCCCCc1ccc(-c2c(-c3ccccc3)ccc(F)c2F)cc1. The molecule has 0 aliphatic carbocycles. The molecule has 27 heavy (non-hydrogen) atoms. The predicted octanol–water partition coefficient (Wildman–Crippen LogP) is 7.81. The molecular weight excluding hydrogens is 338 g/mol. The van der Waals surface area contributed by atoms with Gasteiger partial charge in [0.25, 0.3) is 0 Å². The van der Waals surface area contributed by atoms with Gasteiger partial charge in [-0.25, -0.2) is 8.78 Å². The summed E-state index contributed by atoms with van der Waals surface area (Å²) in [4.78, 5) is 0. The highest BCUT2D eigenvalue weighted by Crippen LogP contribution is 2.35. The molecule has 0 unspecified atom stereocenters. The van der Waals surface area contributed by atoms with Gasteiger partial charge in [0.2, 0.25) is 0 Å². The minimum atomic E-state index is -0.815. The Kier molecular flexibility index (Phi) is 6.75. The summed E-state index contributed by atoms with van der Waals surface area (Å²) < 4.78 is 28.6. The summed E-state index contributed by atoms with van der Waals surface area (Å²) in [5.41, 5.74) is 3.87. The standard InChI is InChI=1S/C25H26F2/c1-2-3-4-5-7-10-19-13-15-21(16-14-19)24-22(17-18-23(26)25(24)27)20-11-8-6-9-12-20/h6,8-9,11-18H,2-5,7,10H2,1H3. The highest BCUT2D eigenvalue weighted by atomic mass is 19.2. The van der Waals surface area contributed by atoms with E-state index in [9.17, 15) is 8.78 Å². The Labute approximate surface area is 160 Å². The molecule has 3 rings (SSSR count). The van der Waals surface area contributed by atoms with Crippen LogP contribution in [-0.4, -0.2) is 0 Å². The monoisotopic (exact) mass is 364 g/mol. The second-order valence-electron chi connectivity index (χ2n) is 7.01. The molecule has 0 fully saturated rings. The Morgan fingerprint density at radius 3 is 2.07 bits per heavy atom. The van der Waals surface area contributed by atoms with Gasteiger partial charge in [-0.1, -0.05) is 93.3 Å². The van der Waals surface area contributed by atoms with Crippen molar-refractivity contribution >= 4 is 0 Å². The highest BCUT2D eigenvalue weighted by Gasteiger charge is 2.16. The van der Waals surface area contributed by atoms with Gasteiger partial charge in [-0.15, -0.1) is 0 Å². The number of rotatable bonds is 8. The molecule has 0 saturated carbocycles. The Hall–Kier alpha value is -2.48. The van der Waals surface area contributed by atoms with E-state index in [-0.39, 0.29) is 0 Å². The number of benzene rings is 3. The number of aryl methyl sites for hydroxylation is 1. The first kappa shape index (κ1) is 19.3. The van der Waals surface area contributed by atoms with Crippen LogP contribution >= 0.6 is 0 Å². The van der Waals surface area contributed by atoms with Gasteiger partial charge >= 0.3 is 0 Å². The lowest BCUT2D eigenvalue weighted by Crippen LogP contribution is -1.94. The summed E-state index contributed by atoms with van der Waals surface area (Å²) in [7, 11) is 0. The summed E-state index contributed by atoms with van der Waals surface area (Å²) >= 11 is 0. The van der Waals surface area contributed by atoms with Gasteiger partial charge < -0.3 is 0 Å². The van der Waals surface area contributed by atoms with E-state index in [0.29, 0.717) is 16.7 Å². The maximum Gasteiger partial charge on any atom is 0.167 e. The minimum absolute atomic E-state index is 0.329. The molecular formula is C25H26F2. The fourth-order valence-electron chi connectivity index (χ4n) is 3.46. The molecule has 0 radical (unpaired) electrons. The zero-order valence-corrected chi connectivity index (χ0v) is 15.8. The van der Waals surface area contributed by atoms with Crippen LogP contribution < -0.4 is 0 Å².